The molecule has 4 rings (SSSR count). The molecule has 0 bridgehead atoms. The number of amides is 1. The van der Waals surface area contributed by atoms with Crippen molar-refractivity contribution in [3.8, 4) is 5.75 Å². The Labute approximate surface area is 192 Å². The number of aryl methyl sites for hydroxylation is 1. The minimum absolute atomic E-state index is 0.0303. The van der Waals surface area contributed by atoms with Crippen LogP contribution in [0.25, 0.3) is 5.76 Å². The Hall–Kier alpha value is -3.87. The van der Waals surface area contributed by atoms with Crippen LogP contribution in [0.1, 0.15) is 37.4 Å². The van der Waals surface area contributed by atoms with Crippen LogP contribution in [0.4, 0.5) is 0 Å². The Morgan fingerprint density at radius 3 is 2.42 bits per heavy atom. The zero-order valence-electron chi connectivity index (χ0n) is 18.7. The highest BCUT2D eigenvalue weighted by molar-refractivity contribution is 6.46. The van der Waals surface area contributed by atoms with Gasteiger partial charge in [-0.15, -0.1) is 0 Å². The molecule has 1 fully saturated rings. The number of ketones is 1. The molecule has 33 heavy (non-hydrogen) atoms. The van der Waals surface area contributed by atoms with Gasteiger partial charge in [-0.25, -0.2) is 4.98 Å². The number of Topliss-reactive ketones (excluding diaryl/α,β-unsaturated/α-hetero) is 1. The average molecular weight is 446 g/mol. The molecule has 1 atom stereocenters. The Bertz CT molecular complexity index is 1140. The summed E-state index contributed by atoms with van der Waals surface area (Å²) in [5, 5.41) is 11.1. The predicted octanol–water partition coefficient (Wildman–Crippen LogP) is 4.18. The standard InChI is InChI=1S/C26H27N3O4/c1-18(2)33-21-11-9-19(10-12-21)23-22(24(30)20-7-4-3-5-8-20)25(31)26(32)29(23)15-6-14-28-16-13-27-17-28/h3-5,7-13,16-18,23,30H,6,14-15H2,1-2H3/b24-22+. The van der Waals surface area contributed by atoms with Gasteiger partial charge < -0.3 is 19.3 Å². The fraction of sp³-hybridized carbons (Fsp3) is 0.269. The van der Waals surface area contributed by atoms with Crippen molar-refractivity contribution in [3.63, 3.8) is 0 Å². The topological polar surface area (TPSA) is 84.7 Å². The number of carbonyl (C=O) groups is 2. The fourth-order valence-corrected chi connectivity index (χ4v) is 4.05. The smallest absolute Gasteiger partial charge is 0.295 e. The van der Waals surface area contributed by atoms with Crippen molar-refractivity contribution in [1.29, 1.82) is 0 Å². The minimum atomic E-state index is -0.680. The van der Waals surface area contributed by atoms with E-state index in [1.54, 1.807) is 41.7 Å². The van der Waals surface area contributed by atoms with E-state index < -0.39 is 17.7 Å². The third kappa shape index (κ3) is 4.82. The van der Waals surface area contributed by atoms with Gasteiger partial charge in [0.25, 0.3) is 11.7 Å². The van der Waals surface area contributed by atoms with Crippen LogP contribution in [0.5, 0.6) is 5.75 Å². The molecule has 0 aliphatic carbocycles. The van der Waals surface area contributed by atoms with Gasteiger partial charge in [0.15, 0.2) is 0 Å². The lowest BCUT2D eigenvalue weighted by molar-refractivity contribution is -0.139. The molecule has 1 aromatic heterocycles. The highest BCUT2D eigenvalue weighted by Crippen LogP contribution is 2.39. The minimum Gasteiger partial charge on any atom is -0.507 e. The van der Waals surface area contributed by atoms with E-state index in [1.807, 2.05) is 54.9 Å². The monoisotopic (exact) mass is 445 g/mol. The first kappa shape index (κ1) is 22.3. The maximum atomic E-state index is 13.1. The summed E-state index contributed by atoms with van der Waals surface area (Å²) in [4.78, 5) is 31.7. The summed E-state index contributed by atoms with van der Waals surface area (Å²) in [6.07, 6.45) is 5.94. The van der Waals surface area contributed by atoms with E-state index >= 15 is 0 Å². The molecule has 3 aromatic rings. The number of aromatic nitrogens is 2. The second-order valence-electron chi connectivity index (χ2n) is 8.25. The number of hydrogen-bond donors (Lipinski definition) is 1. The van der Waals surface area contributed by atoms with Crippen LogP contribution < -0.4 is 4.74 Å². The van der Waals surface area contributed by atoms with Crippen molar-refractivity contribution >= 4 is 17.4 Å². The molecule has 7 heteroatoms. The molecule has 7 nitrogen and oxygen atoms in total. The summed E-state index contributed by atoms with van der Waals surface area (Å²) in [5.41, 5.74) is 1.34. The molecular formula is C26H27N3O4. The van der Waals surface area contributed by atoms with E-state index in [1.165, 1.54) is 0 Å². The van der Waals surface area contributed by atoms with Gasteiger partial charge in [-0.3, -0.25) is 9.59 Å². The van der Waals surface area contributed by atoms with E-state index in [0.29, 0.717) is 30.8 Å². The van der Waals surface area contributed by atoms with Crippen molar-refractivity contribution in [2.75, 3.05) is 6.54 Å². The molecule has 1 N–H and O–H groups in total. The molecule has 0 spiro atoms. The van der Waals surface area contributed by atoms with Gasteiger partial charge in [-0.05, 0) is 38.0 Å². The SMILES string of the molecule is CC(C)Oc1ccc(C2/C(=C(\O)c3ccccc3)C(=O)C(=O)N2CCCn2ccnc2)cc1. The molecule has 170 valence electrons. The van der Waals surface area contributed by atoms with E-state index in [-0.39, 0.29) is 17.4 Å². The van der Waals surface area contributed by atoms with E-state index in [2.05, 4.69) is 4.98 Å². The van der Waals surface area contributed by atoms with Crippen LogP contribution in [0, 0.1) is 0 Å². The van der Waals surface area contributed by atoms with Crippen LogP contribution in [0.2, 0.25) is 0 Å². The maximum Gasteiger partial charge on any atom is 0.295 e. The molecular weight excluding hydrogens is 418 g/mol. The summed E-state index contributed by atoms with van der Waals surface area (Å²) in [5.74, 6) is -0.746. The molecule has 0 radical (unpaired) electrons. The van der Waals surface area contributed by atoms with Gasteiger partial charge in [-0.1, -0.05) is 42.5 Å². The van der Waals surface area contributed by atoms with Crippen LogP contribution in [-0.4, -0.2) is 43.9 Å². The summed E-state index contributed by atoms with van der Waals surface area (Å²) >= 11 is 0. The number of aliphatic hydroxyl groups is 1. The zero-order valence-corrected chi connectivity index (χ0v) is 18.7. The number of aliphatic hydroxyl groups excluding tert-OH is 1. The molecule has 1 aliphatic rings. The Kier molecular flexibility index (Phi) is 6.58. The van der Waals surface area contributed by atoms with E-state index in [0.717, 1.165) is 5.56 Å². The number of hydrogen-bond acceptors (Lipinski definition) is 5. The van der Waals surface area contributed by atoms with Crippen molar-refractivity contribution in [1.82, 2.24) is 14.5 Å². The van der Waals surface area contributed by atoms with Crippen LogP contribution in [0.15, 0.2) is 78.9 Å². The first-order valence-corrected chi connectivity index (χ1v) is 11.0. The molecule has 1 saturated heterocycles. The fourth-order valence-electron chi connectivity index (χ4n) is 4.05. The Balaban J connectivity index is 1.70. The van der Waals surface area contributed by atoms with Gasteiger partial charge in [0.2, 0.25) is 0 Å². The van der Waals surface area contributed by atoms with E-state index in [9.17, 15) is 14.7 Å². The zero-order chi connectivity index (χ0) is 23.4. The highest BCUT2D eigenvalue weighted by Gasteiger charge is 2.45. The van der Waals surface area contributed by atoms with Gasteiger partial charge in [0.1, 0.15) is 11.5 Å². The highest BCUT2D eigenvalue weighted by atomic mass is 16.5. The third-order valence-corrected chi connectivity index (χ3v) is 5.53. The summed E-state index contributed by atoms with van der Waals surface area (Å²) in [6, 6.07) is 15.5. The average Bonchev–Trinajstić information content (AvgIpc) is 3.42. The first-order valence-electron chi connectivity index (χ1n) is 11.0. The van der Waals surface area contributed by atoms with Crippen molar-refractivity contribution in [2.45, 2.75) is 39.0 Å². The lowest BCUT2D eigenvalue weighted by atomic mass is 9.95. The molecule has 2 aromatic carbocycles. The second-order valence-corrected chi connectivity index (χ2v) is 8.25. The predicted molar refractivity (Wildman–Crippen MR) is 125 cm³/mol. The van der Waals surface area contributed by atoms with Gasteiger partial charge in [0.05, 0.1) is 24.0 Å². The van der Waals surface area contributed by atoms with Crippen LogP contribution in [-0.2, 0) is 16.1 Å². The Morgan fingerprint density at radius 1 is 1.06 bits per heavy atom. The molecule has 0 saturated carbocycles. The lowest BCUT2D eigenvalue weighted by Crippen LogP contribution is -2.31. The molecule has 1 amide bonds. The van der Waals surface area contributed by atoms with E-state index in [4.69, 9.17) is 4.74 Å². The second kappa shape index (κ2) is 9.73. The number of rotatable bonds is 8. The van der Waals surface area contributed by atoms with Gasteiger partial charge in [0, 0.05) is 31.0 Å². The lowest BCUT2D eigenvalue weighted by Gasteiger charge is -2.25. The van der Waals surface area contributed by atoms with Crippen LogP contribution >= 0.6 is 0 Å². The number of imidazole rings is 1. The number of nitrogens with zero attached hydrogens (tertiary/aromatic N) is 3. The molecule has 1 unspecified atom stereocenters. The molecule has 2 heterocycles. The van der Waals surface area contributed by atoms with Crippen LogP contribution in [0.3, 0.4) is 0 Å². The Morgan fingerprint density at radius 2 is 1.79 bits per heavy atom. The van der Waals surface area contributed by atoms with Gasteiger partial charge in [-0.2, -0.15) is 0 Å². The molecule has 1 aliphatic heterocycles. The third-order valence-electron chi connectivity index (χ3n) is 5.53. The summed E-state index contributed by atoms with van der Waals surface area (Å²) in [6.45, 7) is 4.92. The maximum absolute atomic E-state index is 13.1. The van der Waals surface area contributed by atoms with Crippen molar-refractivity contribution < 1.29 is 19.4 Å². The number of carbonyl (C=O) groups excluding carboxylic acids is 2. The van der Waals surface area contributed by atoms with Crippen molar-refractivity contribution in [3.05, 3.63) is 90.0 Å². The quantitative estimate of drug-likeness (QED) is 0.319. The largest absolute Gasteiger partial charge is 0.507 e. The first-order chi connectivity index (χ1) is 16.0. The summed E-state index contributed by atoms with van der Waals surface area (Å²) < 4.78 is 7.66. The number of benzene rings is 2. The number of ether oxygens (including phenoxy) is 1. The van der Waals surface area contributed by atoms with Gasteiger partial charge >= 0.3 is 0 Å². The van der Waals surface area contributed by atoms with Crippen molar-refractivity contribution in [2.24, 2.45) is 0 Å². The number of likely N-dealkylation sites (tertiary alicyclic amines) is 1. The summed E-state index contributed by atoms with van der Waals surface area (Å²) in [7, 11) is 0. The normalized spacial score (nSPS) is 17.7.